The van der Waals surface area contributed by atoms with E-state index < -0.39 is 6.04 Å². The summed E-state index contributed by atoms with van der Waals surface area (Å²) in [5, 5.41) is 19.5. The number of hydrogen-bond donors (Lipinski definition) is 3. The summed E-state index contributed by atoms with van der Waals surface area (Å²) >= 11 is 3.59. The number of aryl methyl sites for hydroxylation is 2. The van der Waals surface area contributed by atoms with Crippen LogP contribution in [0.25, 0.3) is 27.9 Å². The molecule has 1 aromatic carbocycles. The maximum atomic E-state index is 12.5. The lowest BCUT2D eigenvalue weighted by molar-refractivity contribution is -0.121. The minimum absolute atomic E-state index is 0.0763. The van der Waals surface area contributed by atoms with Gasteiger partial charge in [0.05, 0.1) is 16.8 Å². The SMILES string of the molecule is CCn1cc(-c2nc3c4cccc(Br)c4nc(N[C@@H]4CNCCNC4=O)n3n2)c(C)n1. The number of rotatable bonds is 4. The van der Waals surface area contributed by atoms with E-state index in [1.807, 2.05) is 42.9 Å². The third kappa shape index (κ3) is 3.53. The number of halogens is 1. The molecule has 0 bridgehead atoms. The molecule has 3 N–H and O–H groups in total. The number of anilines is 1. The second-order valence-electron chi connectivity index (χ2n) is 7.42. The van der Waals surface area contributed by atoms with Crippen LogP contribution in [0.5, 0.6) is 0 Å². The number of para-hydroxylation sites is 1. The number of benzene rings is 1. The van der Waals surface area contributed by atoms with E-state index >= 15 is 0 Å². The zero-order valence-electron chi connectivity index (χ0n) is 17.2. The van der Waals surface area contributed by atoms with Gasteiger partial charge in [-0.3, -0.25) is 9.48 Å². The topological polar surface area (TPSA) is 114 Å². The summed E-state index contributed by atoms with van der Waals surface area (Å²) in [6.45, 7) is 6.56. The Morgan fingerprint density at radius 3 is 2.94 bits per heavy atom. The number of carbonyl (C=O) groups is 1. The van der Waals surface area contributed by atoms with Gasteiger partial charge in [-0.25, -0.2) is 9.97 Å². The first-order valence-corrected chi connectivity index (χ1v) is 11.0. The zero-order valence-corrected chi connectivity index (χ0v) is 18.8. The number of carbonyl (C=O) groups excluding carboxylic acids is 1. The fourth-order valence-electron chi connectivity index (χ4n) is 3.71. The van der Waals surface area contributed by atoms with Crippen molar-refractivity contribution in [2.45, 2.75) is 26.4 Å². The molecule has 1 saturated heterocycles. The summed E-state index contributed by atoms with van der Waals surface area (Å²) in [5.74, 6) is 0.947. The van der Waals surface area contributed by atoms with Crippen LogP contribution in [0.2, 0.25) is 0 Å². The van der Waals surface area contributed by atoms with Gasteiger partial charge in [0.2, 0.25) is 11.9 Å². The Bertz CT molecular complexity index is 1300. The predicted octanol–water partition coefficient (Wildman–Crippen LogP) is 1.73. The van der Waals surface area contributed by atoms with Crippen molar-refractivity contribution in [1.29, 1.82) is 0 Å². The standard InChI is InChI=1S/C20H22BrN9O/c1-3-29-10-13(11(2)27-29)17-26-18-12-5-4-6-14(21)16(12)25-20(30(18)28-17)24-15-9-22-7-8-23-19(15)31/h4-6,10,15,22H,3,7-9H2,1-2H3,(H,23,31)(H,24,25)/t15-/m1/s1. The second kappa shape index (κ2) is 7.89. The molecular formula is C20H22BrN9O. The molecule has 1 atom stereocenters. The van der Waals surface area contributed by atoms with Gasteiger partial charge in [0, 0.05) is 42.2 Å². The van der Waals surface area contributed by atoms with Crippen LogP contribution in [0.4, 0.5) is 5.95 Å². The third-order valence-electron chi connectivity index (χ3n) is 5.33. The maximum absolute atomic E-state index is 12.5. The van der Waals surface area contributed by atoms with E-state index in [0.717, 1.165) is 39.7 Å². The number of amides is 1. The molecule has 3 aromatic heterocycles. The smallest absolute Gasteiger partial charge is 0.243 e. The Morgan fingerprint density at radius 1 is 1.26 bits per heavy atom. The van der Waals surface area contributed by atoms with E-state index in [9.17, 15) is 4.79 Å². The summed E-state index contributed by atoms with van der Waals surface area (Å²) in [6.07, 6.45) is 1.95. The van der Waals surface area contributed by atoms with Crippen LogP contribution in [0.15, 0.2) is 28.9 Å². The van der Waals surface area contributed by atoms with Crippen molar-refractivity contribution in [2.24, 2.45) is 0 Å². The molecule has 160 valence electrons. The molecule has 0 radical (unpaired) electrons. The molecule has 0 saturated carbocycles. The van der Waals surface area contributed by atoms with Gasteiger partial charge in [-0.1, -0.05) is 6.07 Å². The van der Waals surface area contributed by atoms with E-state index in [2.05, 4.69) is 37.0 Å². The molecule has 4 aromatic rings. The van der Waals surface area contributed by atoms with Crippen LogP contribution >= 0.6 is 15.9 Å². The number of nitrogens with one attached hydrogen (secondary N) is 3. The number of aromatic nitrogens is 6. The molecule has 31 heavy (non-hydrogen) atoms. The lowest BCUT2D eigenvalue weighted by Gasteiger charge is -2.17. The van der Waals surface area contributed by atoms with Gasteiger partial charge < -0.3 is 16.0 Å². The van der Waals surface area contributed by atoms with E-state index in [-0.39, 0.29) is 5.91 Å². The van der Waals surface area contributed by atoms with E-state index in [4.69, 9.17) is 15.1 Å². The minimum Gasteiger partial charge on any atom is -0.353 e. The van der Waals surface area contributed by atoms with Crippen molar-refractivity contribution in [3.63, 3.8) is 0 Å². The Kier molecular flexibility index (Phi) is 5.06. The number of nitrogens with zero attached hydrogens (tertiary/aromatic N) is 6. The molecule has 1 aliphatic heterocycles. The Labute approximate surface area is 186 Å². The monoisotopic (exact) mass is 483 g/mol. The Morgan fingerprint density at radius 2 is 2.13 bits per heavy atom. The van der Waals surface area contributed by atoms with Gasteiger partial charge >= 0.3 is 0 Å². The van der Waals surface area contributed by atoms with Gasteiger partial charge in [-0.2, -0.15) is 9.61 Å². The molecular weight excluding hydrogens is 462 g/mol. The van der Waals surface area contributed by atoms with Gasteiger partial charge in [0.25, 0.3) is 0 Å². The van der Waals surface area contributed by atoms with Gasteiger partial charge in [-0.05, 0) is 41.9 Å². The van der Waals surface area contributed by atoms with Crippen LogP contribution in [0.1, 0.15) is 12.6 Å². The van der Waals surface area contributed by atoms with Crippen molar-refractivity contribution in [3.8, 4) is 11.4 Å². The first-order chi connectivity index (χ1) is 15.0. The quantitative estimate of drug-likeness (QED) is 0.404. The largest absolute Gasteiger partial charge is 0.353 e. The average Bonchev–Trinajstić information content (AvgIpc) is 3.31. The summed E-state index contributed by atoms with van der Waals surface area (Å²) in [4.78, 5) is 22.1. The molecule has 11 heteroatoms. The van der Waals surface area contributed by atoms with Crippen LogP contribution < -0.4 is 16.0 Å². The summed E-state index contributed by atoms with van der Waals surface area (Å²) in [7, 11) is 0. The van der Waals surface area contributed by atoms with Crippen molar-refractivity contribution in [1.82, 2.24) is 40.0 Å². The highest BCUT2D eigenvalue weighted by Crippen LogP contribution is 2.29. The average molecular weight is 484 g/mol. The first kappa shape index (κ1) is 19.9. The summed E-state index contributed by atoms with van der Waals surface area (Å²) in [6, 6.07) is 5.36. The molecule has 5 rings (SSSR count). The Balaban J connectivity index is 1.69. The molecule has 1 aliphatic rings. The first-order valence-electron chi connectivity index (χ1n) is 10.2. The third-order valence-corrected chi connectivity index (χ3v) is 5.97. The van der Waals surface area contributed by atoms with E-state index in [1.54, 1.807) is 4.52 Å². The zero-order chi connectivity index (χ0) is 21.5. The Hall–Kier alpha value is -3.05. The van der Waals surface area contributed by atoms with Crippen LogP contribution in [0, 0.1) is 6.92 Å². The lowest BCUT2D eigenvalue weighted by Crippen LogP contribution is -2.42. The molecule has 0 spiro atoms. The number of hydrogen-bond acceptors (Lipinski definition) is 7. The molecule has 0 aliphatic carbocycles. The number of fused-ring (bicyclic) bond motifs is 3. The fourth-order valence-corrected chi connectivity index (χ4v) is 4.17. The van der Waals surface area contributed by atoms with Crippen molar-refractivity contribution < 1.29 is 4.79 Å². The molecule has 0 unspecified atom stereocenters. The van der Waals surface area contributed by atoms with Crippen molar-refractivity contribution >= 4 is 44.3 Å². The lowest BCUT2D eigenvalue weighted by atomic mass is 10.2. The maximum Gasteiger partial charge on any atom is 0.243 e. The highest BCUT2D eigenvalue weighted by molar-refractivity contribution is 9.10. The molecule has 1 fully saturated rings. The van der Waals surface area contributed by atoms with E-state index in [0.29, 0.717) is 30.5 Å². The van der Waals surface area contributed by atoms with Crippen LogP contribution in [0.3, 0.4) is 0 Å². The second-order valence-corrected chi connectivity index (χ2v) is 8.27. The van der Waals surface area contributed by atoms with Crippen LogP contribution in [-0.2, 0) is 11.3 Å². The van der Waals surface area contributed by atoms with Gasteiger partial charge in [0.15, 0.2) is 11.5 Å². The molecule has 4 heterocycles. The normalized spacial score (nSPS) is 17.1. The van der Waals surface area contributed by atoms with Crippen molar-refractivity contribution in [3.05, 3.63) is 34.6 Å². The molecule has 1 amide bonds. The fraction of sp³-hybridized carbons (Fsp3) is 0.350. The molecule has 10 nitrogen and oxygen atoms in total. The van der Waals surface area contributed by atoms with Gasteiger partial charge in [-0.15, -0.1) is 5.10 Å². The minimum atomic E-state index is -0.477. The van der Waals surface area contributed by atoms with E-state index in [1.165, 1.54) is 0 Å². The summed E-state index contributed by atoms with van der Waals surface area (Å²) < 4.78 is 4.38. The summed E-state index contributed by atoms with van der Waals surface area (Å²) in [5.41, 5.74) is 3.14. The van der Waals surface area contributed by atoms with Gasteiger partial charge in [0.1, 0.15) is 6.04 Å². The highest BCUT2D eigenvalue weighted by atomic mass is 79.9. The van der Waals surface area contributed by atoms with Crippen LogP contribution in [-0.4, -0.2) is 60.9 Å². The highest BCUT2D eigenvalue weighted by Gasteiger charge is 2.24. The predicted molar refractivity (Wildman–Crippen MR) is 121 cm³/mol. The van der Waals surface area contributed by atoms with Crippen molar-refractivity contribution in [2.75, 3.05) is 25.0 Å².